The average molecular weight is 250 g/mol. The zero-order chi connectivity index (χ0) is 13.1. The van der Waals surface area contributed by atoms with Gasteiger partial charge in [0, 0.05) is 13.1 Å². The van der Waals surface area contributed by atoms with Crippen LogP contribution in [-0.2, 0) is 0 Å². The minimum Gasteiger partial charge on any atom is -0.391 e. The smallest absolute Gasteiger partial charge is 0.0957 e. The van der Waals surface area contributed by atoms with Crippen LogP contribution < -0.4 is 4.90 Å². The fourth-order valence-corrected chi connectivity index (χ4v) is 2.27. The number of pyridine rings is 1. The minimum absolute atomic E-state index is 0.264. The molecule has 2 rings (SSSR count). The lowest BCUT2D eigenvalue weighted by atomic mass is 9.96. The van der Waals surface area contributed by atoms with Crippen LogP contribution in [0.1, 0.15) is 38.5 Å². The van der Waals surface area contributed by atoms with Crippen molar-refractivity contribution in [2.45, 2.75) is 38.9 Å². The summed E-state index contributed by atoms with van der Waals surface area (Å²) in [5.41, 5.74) is 1.74. The second-order valence-corrected chi connectivity index (χ2v) is 5.14. The highest BCUT2D eigenvalue weighted by Gasteiger charge is 2.24. The summed E-state index contributed by atoms with van der Waals surface area (Å²) in [4.78, 5) is 6.45. The zero-order valence-electron chi connectivity index (χ0n) is 11.1. The number of β-amino-alcohol motifs (C(OH)–C–C–N with tert-alkyl or cyclic N) is 1. The van der Waals surface area contributed by atoms with Crippen LogP contribution >= 0.6 is 0 Å². The van der Waals surface area contributed by atoms with Crippen molar-refractivity contribution in [3.8, 4) is 0 Å². The van der Waals surface area contributed by atoms with E-state index < -0.39 is 6.10 Å². The standard InChI is InChI=1S/C14H22N2O2/c1-3-13(17)12-5-4-11(8-15-12)16-7-6-10(2)14(18)9-16/h4-5,8,10,13-14,17-18H,3,6-7,9H2,1-2H3. The van der Waals surface area contributed by atoms with E-state index in [9.17, 15) is 10.2 Å². The van der Waals surface area contributed by atoms with Crippen LogP contribution in [0.4, 0.5) is 5.69 Å². The third-order valence-corrected chi connectivity index (χ3v) is 3.78. The highest BCUT2D eigenvalue weighted by Crippen LogP contribution is 2.24. The van der Waals surface area contributed by atoms with Gasteiger partial charge in [0.1, 0.15) is 0 Å². The van der Waals surface area contributed by atoms with Crippen LogP contribution in [-0.4, -0.2) is 34.4 Å². The predicted octanol–water partition coefficient (Wildman–Crippen LogP) is 1.73. The molecule has 3 unspecified atom stereocenters. The van der Waals surface area contributed by atoms with Crippen molar-refractivity contribution in [2.75, 3.05) is 18.0 Å². The third kappa shape index (κ3) is 2.82. The number of aliphatic hydroxyl groups is 2. The molecule has 4 heteroatoms. The molecule has 18 heavy (non-hydrogen) atoms. The fraction of sp³-hybridized carbons (Fsp3) is 0.643. The summed E-state index contributed by atoms with van der Waals surface area (Å²) in [6.07, 6.45) is 2.72. The van der Waals surface area contributed by atoms with Crippen molar-refractivity contribution in [1.82, 2.24) is 4.98 Å². The summed E-state index contributed by atoms with van der Waals surface area (Å²) in [5, 5.41) is 19.6. The zero-order valence-corrected chi connectivity index (χ0v) is 11.1. The maximum atomic E-state index is 9.89. The van der Waals surface area contributed by atoms with E-state index >= 15 is 0 Å². The Bertz CT molecular complexity index is 380. The summed E-state index contributed by atoms with van der Waals surface area (Å²) in [5.74, 6) is 0.371. The Kier molecular flexibility index (Phi) is 4.19. The van der Waals surface area contributed by atoms with Crippen LogP contribution in [0.5, 0.6) is 0 Å². The van der Waals surface area contributed by atoms with Crippen molar-refractivity contribution in [2.24, 2.45) is 5.92 Å². The molecule has 100 valence electrons. The van der Waals surface area contributed by atoms with Gasteiger partial charge in [0.15, 0.2) is 0 Å². The molecule has 0 spiro atoms. The first-order valence-electron chi connectivity index (χ1n) is 6.68. The number of anilines is 1. The molecule has 2 heterocycles. The quantitative estimate of drug-likeness (QED) is 0.858. The number of hydrogen-bond acceptors (Lipinski definition) is 4. The summed E-state index contributed by atoms with van der Waals surface area (Å²) < 4.78 is 0. The van der Waals surface area contributed by atoms with Crippen LogP contribution in [0.3, 0.4) is 0 Å². The summed E-state index contributed by atoms with van der Waals surface area (Å²) in [6.45, 7) is 5.64. The van der Waals surface area contributed by atoms with Gasteiger partial charge in [-0.25, -0.2) is 0 Å². The molecule has 1 aliphatic rings. The Morgan fingerprint density at radius 3 is 2.83 bits per heavy atom. The lowest BCUT2D eigenvalue weighted by molar-refractivity contribution is 0.103. The second-order valence-electron chi connectivity index (χ2n) is 5.14. The molecule has 3 atom stereocenters. The summed E-state index contributed by atoms with van der Waals surface area (Å²) in [6, 6.07) is 3.85. The SMILES string of the molecule is CCC(O)c1ccc(N2CCC(C)C(O)C2)cn1. The first-order chi connectivity index (χ1) is 8.61. The monoisotopic (exact) mass is 250 g/mol. The van der Waals surface area contributed by atoms with Crippen molar-refractivity contribution in [3.63, 3.8) is 0 Å². The van der Waals surface area contributed by atoms with Gasteiger partial charge in [-0.3, -0.25) is 4.98 Å². The Morgan fingerprint density at radius 2 is 2.28 bits per heavy atom. The number of aliphatic hydroxyl groups excluding tert-OH is 2. The van der Waals surface area contributed by atoms with E-state index in [-0.39, 0.29) is 6.10 Å². The van der Waals surface area contributed by atoms with Gasteiger partial charge in [-0.15, -0.1) is 0 Å². The normalized spacial score (nSPS) is 26.1. The molecular weight excluding hydrogens is 228 g/mol. The Morgan fingerprint density at radius 1 is 1.50 bits per heavy atom. The first-order valence-corrected chi connectivity index (χ1v) is 6.68. The predicted molar refractivity (Wildman–Crippen MR) is 71.5 cm³/mol. The summed E-state index contributed by atoms with van der Waals surface area (Å²) >= 11 is 0. The minimum atomic E-state index is -0.481. The van der Waals surface area contributed by atoms with E-state index in [2.05, 4.69) is 16.8 Å². The first kappa shape index (κ1) is 13.3. The van der Waals surface area contributed by atoms with Crippen LogP contribution in [0.2, 0.25) is 0 Å². The van der Waals surface area contributed by atoms with Gasteiger partial charge in [-0.05, 0) is 30.9 Å². The average Bonchev–Trinajstić information content (AvgIpc) is 2.41. The van der Waals surface area contributed by atoms with Crippen molar-refractivity contribution in [1.29, 1.82) is 0 Å². The van der Waals surface area contributed by atoms with E-state index in [0.717, 1.165) is 18.7 Å². The third-order valence-electron chi connectivity index (χ3n) is 3.78. The molecule has 1 aromatic heterocycles. The van der Waals surface area contributed by atoms with Crippen molar-refractivity contribution in [3.05, 3.63) is 24.0 Å². The molecule has 1 aromatic rings. The van der Waals surface area contributed by atoms with E-state index in [4.69, 9.17) is 0 Å². The van der Waals surface area contributed by atoms with Gasteiger partial charge in [0.05, 0.1) is 29.8 Å². The van der Waals surface area contributed by atoms with Gasteiger partial charge in [0.2, 0.25) is 0 Å². The molecule has 0 radical (unpaired) electrons. The molecule has 0 aliphatic carbocycles. The summed E-state index contributed by atoms with van der Waals surface area (Å²) in [7, 11) is 0. The maximum absolute atomic E-state index is 9.89. The number of hydrogen-bond donors (Lipinski definition) is 2. The molecule has 1 fully saturated rings. The van der Waals surface area contributed by atoms with E-state index in [1.165, 1.54) is 0 Å². The van der Waals surface area contributed by atoms with Crippen molar-refractivity contribution >= 4 is 5.69 Å². The van der Waals surface area contributed by atoms with E-state index in [1.807, 2.05) is 19.1 Å². The van der Waals surface area contributed by atoms with Crippen LogP contribution in [0.15, 0.2) is 18.3 Å². The topological polar surface area (TPSA) is 56.6 Å². The lowest BCUT2D eigenvalue weighted by Crippen LogP contribution is -2.42. The van der Waals surface area contributed by atoms with Gasteiger partial charge >= 0.3 is 0 Å². The number of nitrogens with zero attached hydrogens (tertiary/aromatic N) is 2. The van der Waals surface area contributed by atoms with Crippen LogP contribution in [0.25, 0.3) is 0 Å². The molecular formula is C14H22N2O2. The fourth-order valence-electron chi connectivity index (χ4n) is 2.27. The van der Waals surface area contributed by atoms with Gasteiger partial charge in [0.25, 0.3) is 0 Å². The molecule has 4 nitrogen and oxygen atoms in total. The number of rotatable bonds is 3. The van der Waals surface area contributed by atoms with E-state index in [1.54, 1.807) is 6.20 Å². The van der Waals surface area contributed by atoms with E-state index in [0.29, 0.717) is 24.6 Å². The molecule has 0 aromatic carbocycles. The largest absolute Gasteiger partial charge is 0.391 e. The van der Waals surface area contributed by atoms with Crippen molar-refractivity contribution < 1.29 is 10.2 Å². The Labute approximate surface area is 108 Å². The Hall–Kier alpha value is -1.13. The highest BCUT2D eigenvalue weighted by atomic mass is 16.3. The number of aromatic nitrogens is 1. The number of piperidine rings is 1. The maximum Gasteiger partial charge on any atom is 0.0957 e. The molecule has 2 N–H and O–H groups in total. The molecule has 0 bridgehead atoms. The van der Waals surface area contributed by atoms with Gasteiger partial charge in [-0.2, -0.15) is 0 Å². The molecule has 1 aliphatic heterocycles. The highest BCUT2D eigenvalue weighted by molar-refractivity contribution is 5.45. The second kappa shape index (κ2) is 5.67. The van der Waals surface area contributed by atoms with Gasteiger partial charge in [-0.1, -0.05) is 13.8 Å². The molecule has 0 amide bonds. The van der Waals surface area contributed by atoms with Crippen LogP contribution in [0, 0.1) is 5.92 Å². The Balaban J connectivity index is 2.06. The molecule has 1 saturated heterocycles. The lowest BCUT2D eigenvalue weighted by Gasteiger charge is -2.35. The van der Waals surface area contributed by atoms with Gasteiger partial charge < -0.3 is 15.1 Å². The molecule has 0 saturated carbocycles.